The highest BCUT2D eigenvalue weighted by molar-refractivity contribution is 5.94. The summed E-state index contributed by atoms with van der Waals surface area (Å²) in [4.78, 5) is 28.9. The monoisotopic (exact) mass is 433 g/mol. The van der Waals surface area contributed by atoms with E-state index in [0.29, 0.717) is 13.1 Å². The molecule has 166 valence electrons. The van der Waals surface area contributed by atoms with Crippen LogP contribution in [0.1, 0.15) is 33.5 Å². The number of alkyl halides is 3. The number of aryl methyl sites for hydroxylation is 1. The summed E-state index contributed by atoms with van der Waals surface area (Å²) in [5.74, 6) is -0.432. The maximum absolute atomic E-state index is 13.1. The van der Waals surface area contributed by atoms with Gasteiger partial charge in [0.1, 0.15) is 0 Å². The van der Waals surface area contributed by atoms with Gasteiger partial charge in [0.15, 0.2) is 0 Å². The fraction of sp³-hybridized carbons (Fsp3) is 0.391. The third-order valence-corrected chi connectivity index (χ3v) is 5.31. The maximum atomic E-state index is 13.1. The second kappa shape index (κ2) is 9.96. The van der Waals surface area contributed by atoms with Crippen LogP contribution in [-0.4, -0.2) is 54.3 Å². The van der Waals surface area contributed by atoms with E-state index >= 15 is 0 Å². The van der Waals surface area contributed by atoms with Gasteiger partial charge in [0.2, 0.25) is 5.91 Å². The van der Waals surface area contributed by atoms with Gasteiger partial charge in [-0.25, -0.2) is 0 Å². The van der Waals surface area contributed by atoms with Crippen molar-refractivity contribution in [2.24, 2.45) is 0 Å². The molecule has 0 saturated carbocycles. The summed E-state index contributed by atoms with van der Waals surface area (Å²) < 4.78 is 38.5. The number of rotatable bonds is 6. The van der Waals surface area contributed by atoms with Crippen LogP contribution < -0.4 is 5.32 Å². The van der Waals surface area contributed by atoms with Crippen LogP contribution in [0, 0.1) is 6.92 Å². The topological polar surface area (TPSA) is 52.7 Å². The Morgan fingerprint density at radius 2 is 1.61 bits per heavy atom. The van der Waals surface area contributed by atoms with Crippen molar-refractivity contribution in [1.82, 2.24) is 15.1 Å². The van der Waals surface area contributed by atoms with E-state index in [-0.39, 0.29) is 31.0 Å². The number of benzene rings is 2. The molecule has 0 aromatic heterocycles. The second-order valence-electron chi connectivity index (χ2n) is 7.67. The molecule has 1 saturated heterocycles. The summed E-state index contributed by atoms with van der Waals surface area (Å²) in [5, 5.41) is 3.19. The first-order chi connectivity index (χ1) is 14.7. The van der Waals surface area contributed by atoms with Gasteiger partial charge < -0.3 is 15.1 Å². The standard InChI is InChI=1S/C23H26F3N3O2/c1-17-2-4-18(5-3-17)16-29(13-10-21(30)28-14-11-27-12-15-28)22(31)19-6-8-20(9-7-19)23(24,25)26/h2-9,27H,10-16H2,1H3. The minimum atomic E-state index is -4.46. The summed E-state index contributed by atoms with van der Waals surface area (Å²) in [5.41, 5.74) is 1.33. The maximum Gasteiger partial charge on any atom is 0.416 e. The molecule has 1 heterocycles. The Bertz CT molecular complexity index is 890. The first-order valence-electron chi connectivity index (χ1n) is 10.2. The predicted molar refractivity (Wildman–Crippen MR) is 111 cm³/mol. The molecule has 5 nitrogen and oxygen atoms in total. The molecule has 0 aliphatic carbocycles. The molecule has 3 rings (SSSR count). The van der Waals surface area contributed by atoms with E-state index in [0.717, 1.165) is 36.3 Å². The summed E-state index contributed by atoms with van der Waals surface area (Å²) in [6.45, 7) is 5.16. The largest absolute Gasteiger partial charge is 0.416 e. The van der Waals surface area contributed by atoms with Crippen molar-refractivity contribution < 1.29 is 22.8 Å². The van der Waals surface area contributed by atoms with E-state index in [1.165, 1.54) is 17.0 Å². The number of halogens is 3. The van der Waals surface area contributed by atoms with Crippen molar-refractivity contribution in [3.8, 4) is 0 Å². The van der Waals surface area contributed by atoms with E-state index in [2.05, 4.69) is 5.32 Å². The Labute approximate surface area is 179 Å². The van der Waals surface area contributed by atoms with Crippen molar-refractivity contribution in [3.63, 3.8) is 0 Å². The van der Waals surface area contributed by atoms with Gasteiger partial charge in [0.05, 0.1) is 5.56 Å². The molecular formula is C23H26F3N3O2. The van der Waals surface area contributed by atoms with Gasteiger partial charge in [0.25, 0.3) is 5.91 Å². The zero-order valence-corrected chi connectivity index (χ0v) is 17.4. The number of amides is 2. The molecule has 31 heavy (non-hydrogen) atoms. The van der Waals surface area contributed by atoms with E-state index in [4.69, 9.17) is 0 Å². The van der Waals surface area contributed by atoms with Crippen molar-refractivity contribution in [2.45, 2.75) is 26.1 Å². The molecule has 8 heteroatoms. The molecule has 0 spiro atoms. The number of nitrogens with one attached hydrogen (secondary N) is 1. The third kappa shape index (κ3) is 6.30. The van der Waals surface area contributed by atoms with Gasteiger partial charge in [-0.15, -0.1) is 0 Å². The van der Waals surface area contributed by atoms with Crippen molar-refractivity contribution >= 4 is 11.8 Å². The molecule has 1 N–H and O–H groups in total. The molecule has 2 amide bonds. The fourth-order valence-corrected chi connectivity index (χ4v) is 3.45. The first-order valence-corrected chi connectivity index (χ1v) is 10.2. The third-order valence-electron chi connectivity index (χ3n) is 5.31. The van der Waals surface area contributed by atoms with E-state index in [1.807, 2.05) is 31.2 Å². The van der Waals surface area contributed by atoms with Crippen LogP contribution in [0.3, 0.4) is 0 Å². The Hall–Kier alpha value is -2.87. The minimum absolute atomic E-state index is 0.0318. The quantitative estimate of drug-likeness (QED) is 0.759. The number of piperazine rings is 1. The van der Waals surface area contributed by atoms with E-state index in [9.17, 15) is 22.8 Å². The first kappa shape index (κ1) is 22.8. The normalized spacial score (nSPS) is 14.4. The lowest BCUT2D eigenvalue weighted by Crippen LogP contribution is -2.47. The average molecular weight is 433 g/mol. The smallest absolute Gasteiger partial charge is 0.340 e. The lowest BCUT2D eigenvalue weighted by atomic mass is 10.1. The number of carbonyl (C=O) groups is 2. The second-order valence-corrected chi connectivity index (χ2v) is 7.67. The Kier molecular flexibility index (Phi) is 7.33. The van der Waals surface area contributed by atoms with Gasteiger partial charge in [-0.1, -0.05) is 29.8 Å². The van der Waals surface area contributed by atoms with E-state index < -0.39 is 17.6 Å². The highest BCUT2D eigenvalue weighted by atomic mass is 19.4. The predicted octanol–water partition coefficient (Wildman–Crippen LogP) is 3.48. The molecular weight excluding hydrogens is 407 g/mol. The zero-order chi connectivity index (χ0) is 22.4. The van der Waals surface area contributed by atoms with Gasteiger partial charge in [-0.05, 0) is 36.8 Å². The van der Waals surface area contributed by atoms with Crippen molar-refractivity contribution in [2.75, 3.05) is 32.7 Å². The fourth-order valence-electron chi connectivity index (χ4n) is 3.45. The number of carbonyl (C=O) groups excluding carboxylic acids is 2. The molecule has 0 atom stereocenters. The Balaban J connectivity index is 1.74. The summed E-state index contributed by atoms with van der Waals surface area (Å²) in [6, 6.07) is 11.9. The lowest BCUT2D eigenvalue weighted by molar-refractivity contribution is -0.137. The Morgan fingerprint density at radius 1 is 1.00 bits per heavy atom. The van der Waals surface area contributed by atoms with Crippen molar-refractivity contribution in [1.29, 1.82) is 0 Å². The van der Waals surface area contributed by atoms with Crippen LogP contribution in [0.5, 0.6) is 0 Å². The number of nitrogens with zero attached hydrogens (tertiary/aromatic N) is 2. The van der Waals surface area contributed by atoms with Gasteiger partial charge in [-0.3, -0.25) is 9.59 Å². The number of hydrogen-bond donors (Lipinski definition) is 1. The van der Waals surface area contributed by atoms with Crippen LogP contribution in [0.25, 0.3) is 0 Å². The number of hydrogen-bond acceptors (Lipinski definition) is 3. The molecule has 1 aliphatic rings. The highest BCUT2D eigenvalue weighted by Crippen LogP contribution is 2.29. The summed E-state index contributed by atoms with van der Waals surface area (Å²) >= 11 is 0. The Morgan fingerprint density at radius 3 is 2.19 bits per heavy atom. The molecule has 1 aliphatic heterocycles. The van der Waals surface area contributed by atoms with Crippen LogP contribution >= 0.6 is 0 Å². The minimum Gasteiger partial charge on any atom is -0.340 e. The summed E-state index contributed by atoms with van der Waals surface area (Å²) in [7, 11) is 0. The molecule has 0 bridgehead atoms. The average Bonchev–Trinajstić information content (AvgIpc) is 2.77. The van der Waals surface area contributed by atoms with Gasteiger partial charge in [-0.2, -0.15) is 13.2 Å². The van der Waals surface area contributed by atoms with Crippen LogP contribution in [0.15, 0.2) is 48.5 Å². The molecule has 1 fully saturated rings. The molecule has 0 radical (unpaired) electrons. The summed E-state index contributed by atoms with van der Waals surface area (Å²) in [6.07, 6.45) is -4.29. The molecule has 0 unspecified atom stereocenters. The van der Waals surface area contributed by atoms with E-state index in [1.54, 1.807) is 4.90 Å². The SMILES string of the molecule is Cc1ccc(CN(CCC(=O)N2CCNCC2)C(=O)c2ccc(C(F)(F)F)cc2)cc1. The van der Waals surface area contributed by atoms with Crippen LogP contribution in [0.4, 0.5) is 13.2 Å². The van der Waals surface area contributed by atoms with Crippen molar-refractivity contribution in [3.05, 3.63) is 70.8 Å². The highest BCUT2D eigenvalue weighted by Gasteiger charge is 2.30. The molecule has 2 aromatic rings. The van der Waals surface area contributed by atoms with Crippen LogP contribution in [0.2, 0.25) is 0 Å². The molecule has 2 aromatic carbocycles. The zero-order valence-electron chi connectivity index (χ0n) is 17.4. The van der Waals surface area contributed by atoms with Gasteiger partial charge >= 0.3 is 6.18 Å². The lowest BCUT2D eigenvalue weighted by Gasteiger charge is -2.29. The van der Waals surface area contributed by atoms with Gasteiger partial charge in [0, 0.05) is 51.3 Å². The van der Waals surface area contributed by atoms with Crippen LogP contribution in [-0.2, 0) is 17.5 Å².